The second-order valence-corrected chi connectivity index (χ2v) is 7.02. The van der Waals surface area contributed by atoms with Gasteiger partial charge in [-0.3, -0.25) is 9.59 Å². The summed E-state index contributed by atoms with van der Waals surface area (Å²) < 4.78 is 1.02. The summed E-state index contributed by atoms with van der Waals surface area (Å²) in [6.07, 6.45) is 4.08. The highest BCUT2D eigenvalue weighted by molar-refractivity contribution is 9.10. The number of piperidine rings is 1. The van der Waals surface area contributed by atoms with Crippen LogP contribution in [0.4, 0.5) is 0 Å². The number of carbonyl (C=O) groups is 2. The standard InChI is InChI=1S/C18H25BrN2O2/c1-2-3-10-20-18(23)15-8-11-21(12-9-15)17(22)13-14-4-6-16(19)7-5-14/h4-7,15H,2-3,8-13H2,1H3,(H,20,23). The highest BCUT2D eigenvalue weighted by Gasteiger charge is 2.26. The van der Waals surface area contributed by atoms with Gasteiger partial charge in [0.05, 0.1) is 6.42 Å². The van der Waals surface area contributed by atoms with E-state index in [2.05, 4.69) is 28.2 Å². The number of carbonyl (C=O) groups excluding carboxylic acids is 2. The molecule has 5 heteroatoms. The molecular weight excluding hydrogens is 356 g/mol. The summed E-state index contributed by atoms with van der Waals surface area (Å²) in [7, 11) is 0. The molecule has 2 rings (SSSR count). The van der Waals surface area contributed by atoms with Gasteiger partial charge < -0.3 is 10.2 Å². The number of amides is 2. The third kappa shape index (κ3) is 5.65. The Balaban J connectivity index is 1.76. The molecule has 1 aromatic carbocycles. The molecule has 0 radical (unpaired) electrons. The maximum absolute atomic E-state index is 12.4. The molecule has 0 saturated carbocycles. The lowest BCUT2D eigenvalue weighted by atomic mass is 9.95. The molecule has 0 spiro atoms. The maximum Gasteiger partial charge on any atom is 0.226 e. The molecule has 0 atom stereocenters. The van der Waals surface area contributed by atoms with Gasteiger partial charge in [-0.1, -0.05) is 41.4 Å². The van der Waals surface area contributed by atoms with E-state index in [0.29, 0.717) is 19.5 Å². The second-order valence-electron chi connectivity index (χ2n) is 6.10. The number of benzene rings is 1. The van der Waals surface area contributed by atoms with Gasteiger partial charge in [-0.2, -0.15) is 0 Å². The molecule has 4 nitrogen and oxygen atoms in total. The first-order valence-electron chi connectivity index (χ1n) is 8.40. The summed E-state index contributed by atoms with van der Waals surface area (Å²) >= 11 is 3.40. The smallest absolute Gasteiger partial charge is 0.226 e. The fraction of sp³-hybridized carbons (Fsp3) is 0.556. The van der Waals surface area contributed by atoms with Crippen molar-refractivity contribution in [3.05, 3.63) is 34.3 Å². The predicted octanol–water partition coefficient (Wildman–Crippen LogP) is 3.15. The number of halogens is 1. The Hall–Kier alpha value is -1.36. The molecule has 1 heterocycles. The number of nitrogens with zero attached hydrogens (tertiary/aromatic N) is 1. The van der Waals surface area contributed by atoms with Gasteiger partial charge in [-0.25, -0.2) is 0 Å². The minimum Gasteiger partial charge on any atom is -0.356 e. The molecule has 1 fully saturated rings. The van der Waals surface area contributed by atoms with Gasteiger partial charge in [0.1, 0.15) is 0 Å². The van der Waals surface area contributed by atoms with Crippen LogP contribution < -0.4 is 5.32 Å². The highest BCUT2D eigenvalue weighted by atomic mass is 79.9. The average molecular weight is 381 g/mol. The zero-order valence-electron chi connectivity index (χ0n) is 13.7. The molecule has 2 amide bonds. The van der Waals surface area contributed by atoms with E-state index in [4.69, 9.17) is 0 Å². The highest BCUT2D eigenvalue weighted by Crippen LogP contribution is 2.19. The molecule has 1 aliphatic rings. The average Bonchev–Trinajstić information content (AvgIpc) is 2.57. The van der Waals surface area contributed by atoms with Crippen molar-refractivity contribution in [3.8, 4) is 0 Å². The number of unbranched alkanes of at least 4 members (excludes halogenated alkanes) is 1. The third-order valence-corrected chi connectivity index (χ3v) is 4.85. The van der Waals surface area contributed by atoms with Crippen LogP contribution in [0.5, 0.6) is 0 Å². The number of rotatable bonds is 6. The number of hydrogen-bond acceptors (Lipinski definition) is 2. The lowest BCUT2D eigenvalue weighted by Gasteiger charge is -2.31. The maximum atomic E-state index is 12.4. The van der Waals surface area contributed by atoms with Crippen LogP contribution >= 0.6 is 15.9 Å². The third-order valence-electron chi connectivity index (χ3n) is 4.32. The van der Waals surface area contributed by atoms with Crippen LogP contribution in [0.15, 0.2) is 28.7 Å². The van der Waals surface area contributed by atoms with Crippen LogP contribution in [0, 0.1) is 5.92 Å². The van der Waals surface area contributed by atoms with Crippen molar-refractivity contribution >= 4 is 27.7 Å². The summed E-state index contributed by atoms with van der Waals surface area (Å²) in [4.78, 5) is 26.3. The molecule has 126 valence electrons. The van der Waals surface area contributed by atoms with E-state index >= 15 is 0 Å². The van der Waals surface area contributed by atoms with Crippen LogP contribution in [0.1, 0.15) is 38.2 Å². The van der Waals surface area contributed by atoms with Crippen LogP contribution in [0.3, 0.4) is 0 Å². The Labute approximate surface area is 146 Å². The van der Waals surface area contributed by atoms with Crippen LogP contribution in [0.2, 0.25) is 0 Å². The minimum absolute atomic E-state index is 0.0589. The van der Waals surface area contributed by atoms with Crippen molar-refractivity contribution in [2.45, 2.75) is 39.0 Å². The zero-order chi connectivity index (χ0) is 16.7. The molecule has 0 aliphatic carbocycles. The van der Waals surface area contributed by atoms with E-state index in [9.17, 15) is 9.59 Å². The molecule has 0 bridgehead atoms. The first-order valence-corrected chi connectivity index (χ1v) is 9.19. The van der Waals surface area contributed by atoms with Crippen molar-refractivity contribution in [1.29, 1.82) is 0 Å². The predicted molar refractivity (Wildman–Crippen MR) is 95.1 cm³/mol. The molecule has 1 aromatic rings. The van der Waals surface area contributed by atoms with Gasteiger partial charge in [-0.15, -0.1) is 0 Å². The molecule has 1 aliphatic heterocycles. The van der Waals surface area contributed by atoms with Gasteiger partial charge in [0.15, 0.2) is 0 Å². The van der Waals surface area contributed by atoms with Gasteiger partial charge in [0.25, 0.3) is 0 Å². The summed E-state index contributed by atoms with van der Waals surface area (Å²) in [5, 5.41) is 3.00. The van der Waals surface area contributed by atoms with Crippen LogP contribution in [0.25, 0.3) is 0 Å². The Bertz CT molecular complexity index is 522. The van der Waals surface area contributed by atoms with Crippen LogP contribution in [-0.4, -0.2) is 36.3 Å². The number of likely N-dealkylation sites (tertiary alicyclic amines) is 1. The molecule has 0 unspecified atom stereocenters. The van der Waals surface area contributed by atoms with Crippen molar-refractivity contribution in [2.24, 2.45) is 5.92 Å². The fourth-order valence-electron chi connectivity index (χ4n) is 2.81. The Morgan fingerprint density at radius 3 is 2.48 bits per heavy atom. The number of hydrogen-bond donors (Lipinski definition) is 1. The summed E-state index contributed by atoms with van der Waals surface area (Å²) in [6, 6.07) is 7.84. The molecule has 0 aromatic heterocycles. The summed E-state index contributed by atoms with van der Waals surface area (Å²) in [6.45, 7) is 4.24. The first-order chi connectivity index (χ1) is 11.1. The van der Waals surface area contributed by atoms with E-state index in [1.165, 1.54) is 0 Å². The summed E-state index contributed by atoms with van der Waals surface area (Å²) in [5.41, 5.74) is 1.03. The SMILES string of the molecule is CCCCNC(=O)C1CCN(C(=O)Cc2ccc(Br)cc2)CC1. The topological polar surface area (TPSA) is 49.4 Å². The Kier molecular flexibility index (Phi) is 7.09. The van der Waals surface area contributed by atoms with E-state index in [1.54, 1.807) is 0 Å². The zero-order valence-corrected chi connectivity index (χ0v) is 15.3. The monoisotopic (exact) mass is 380 g/mol. The second kappa shape index (κ2) is 9.06. The van der Waals surface area contributed by atoms with Gasteiger partial charge in [0.2, 0.25) is 11.8 Å². The van der Waals surface area contributed by atoms with E-state index < -0.39 is 0 Å². The van der Waals surface area contributed by atoms with Crippen molar-refractivity contribution in [3.63, 3.8) is 0 Å². The minimum atomic E-state index is 0.0589. The largest absolute Gasteiger partial charge is 0.356 e. The van der Waals surface area contributed by atoms with E-state index in [1.807, 2.05) is 29.2 Å². The summed E-state index contributed by atoms with van der Waals surface area (Å²) in [5.74, 6) is 0.360. The fourth-order valence-corrected chi connectivity index (χ4v) is 3.08. The van der Waals surface area contributed by atoms with Gasteiger partial charge in [-0.05, 0) is 37.0 Å². The normalized spacial score (nSPS) is 15.5. The molecular formula is C18H25BrN2O2. The van der Waals surface area contributed by atoms with E-state index in [0.717, 1.165) is 42.3 Å². The van der Waals surface area contributed by atoms with E-state index in [-0.39, 0.29) is 17.7 Å². The lowest BCUT2D eigenvalue weighted by Crippen LogP contribution is -2.43. The van der Waals surface area contributed by atoms with Crippen molar-refractivity contribution < 1.29 is 9.59 Å². The molecule has 23 heavy (non-hydrogen) atoms. The van der Waals surface area contributed by atoms with Gasteiger partial charge >= 0.3 is 0 Å². The van der Waals surface area contributed by atoms with Crippen molar-refractivity contribution in [2.75, 3.05) is 19.6 Å². The van der Waals surface area contributed by atoms with Crippen molar-refractivity contribution in [1.82, 2.24) is 10.2 Å². The quantitative estimate of drug-likeness (QED) is 0.770. The Morgan fingerprint density at radius 1 is 1.22 bits per heavy atom. The molecule has 1 N–H and O–H groups in total. The first kappa shape index (κ1) is 18.0. The lowest BCUT2D eigenvalue weighted by molar-refractivity contribution is -0.135. The number of nitrogens with one attached hydrogen (secondary N) is 1. The Morgan fingerprint density at radius 2 is 1.87 bits per heavy atom. The molecule has 1 saturated heterocycles. The van der Waals surface area contributed by atoms with Crippen LogP contribution in [-0.2, 0) is 16.0 Å². The van der Waals surface area contributed by atoms with Gasteiger partial charge in [0, 0.05) is 30.0 Å².